The lowest BCUT2D eigenvalue weighted by molar-refractivity contribution is 0.449. The minimum absolute atomic E-state index is 0.542. The Morgan fingerprint density at radius 3 is 1.92 bits per heavy atom. The maximum Gasteiger partial charge on any atom is 0.116 e. The Morgan fingerprint density at radius 1 is 0.724 bits per heavy atom. The molecular weight excluding hydrogens is 973 g/mol. The van der Waals surface area contributed by atoms with E-state index in [-0.39, 0.29) is 0 Å². The second-order valence-corrected chi connectivity index (χ2v) is 21.4. The molecule has 10 aromatic rings. The third-order valence-electron chi connectivity index (χ3n) is 13.0. The number of benzene rings is 3. The van der Waals surface area contributed by atoms with Crippen molar-refractivity contribution >= 4 is 83.4 Å². The zero-order chi connectivity index (χ0) is 53.3. The van der Waals surface area contributed by atoms with Crippen molar-refractivity contribution < 1.29 is 0 Å². The normalized spacial score (nSPS) is 12.8. The fraction of sp³-hybridized carbons (Fsp3) is 0.156. The van der Waals surface area contributed by atoms with Crippen molar-refractivity contribution in [3.05, 3.63) is 221 Å². The standard InChI is InChI=1S/C34H29N5S.C30H35N5S/c1-4-24(16-27(5-2)36-22(3)15-23-9-7-6-8-10-23)25-11-12-31-29(17-25)34(39-38-31)32-18-28-30(26-13-14-40-21-26)19-35-20-33(28)37-32;1-8-21(17-35(6)7)12-22(9-2)23-10-11-27-25(13-23)30(34-33-27)28-14-24-26(15-31-16-29(24)32-28)20(5)18-36-19(3)4/h4-14,16-21,36-37H,2-3,15H2,1H3,(H,38,39);8-16,18-19,32H,1,17H2,2-7H3,(H,33,34)/b24-4+,27-16+;20-18+,21-12+,22-9+. The van der Waals surface area contributed by atoms with Gasteiger partial charge in [0.2, 0.25) is 0 Å². The molecule has 7 aromatic heterocycles. The van der Waals surface area contributed by atoms with Gasteiger partial charge in [0.25, 0.3) is 0 Å². The number of pyridine rings is 2. The van der Waals surface area contributed by atoms with Gasteiger partial charge in [-0.05, 0) is 150 Å². The molecule has 3 aromatic carbocycles. The molecule has 0 aliphatic heterocycles. The lowest BCUT2D eigenvalue weighted by atomic mass is 10.00. The van der Waals surface area contributed by atoms with Crippen LogP contribution in [-0.4, -0.2) is 71.1 Å². The minimum atomic E-state index is 0.542. The zero-order valence-electron chi connectivity index (χ0n) is 44.3. The first-order valence-electron chi connectivity index (χ1n) is 25.3. The molecule has 0 amide bonds. The van der Waals surface area contributed by atoms with Gasteiger partial charge in [0.15, 0.2) is 0 Å². The number of nitrogens with zero attached hydrogens (tertiary/aromatic N) is 5. The van der Waals surface area contributed by atoms with Crippen LogP contribution in [0.1, 0.15) is 56.9 Å². The highest BCUT2D eigenvalue weighted by Crippen LogP contribution is 2.37. The summed E-state index contributed by atoms with van der Waals surface area (Å²) in [6.45, 7) is 23.8. The number of aromatic nitrogens is 8. The SMILES string of the molecule is C=C/C(=C\C(=C/C)c1ccc2[nH]nc(-c3cc4c(-c5ccsc5)cncc4[nH]3)c2c1)NC(=C)Cc1ccccc1.C=C/C(=C\C(=C/C)c1ccc2[nH]nc(-c3cc4c(/C(C)=C/SC(C)C)cncc4[nH]3)c2c1)CN(C)C. The van der Waals surface area contributed by atoms with E-state index < -0.39 is 0 Å². The van der Waals surface area contributed by atoms with Crippen LogP contribution in [0.4, 0.5) is 0 Å². The Hall–Kier alpha value is -8.29. The smallest absolute Gasteiger partial charge is 0.116 e. The summed E-state index contributed by atoms with van der Waals surface area (Å²) in [4.78, 5) is 18.2. The minimum Gasteiger partial charge on any atom is -0.359 e. The number of fused-ring (bicyclic) bond motifs is 4. The molecule has 0 fully saturated rings. The molecule has 0 spiro atoms. The number of aromatic amines is 4. The summed E-state index contributed by atoms with van der Waals surface area (Å²) >= 11 is 3.51. The van der Waals surface area contributed by atoms with E-state index in [9.17, 15) is 0 Å². The molecular formula is C64H64N10S2. The van der Waals surface area contributed by atoms with Gasteiger partial charge in [-0.1, -0.05) is 100 Å². The molecule has 7 heterocycles. The molecule has 0 aliphatic rings. The van der Waals surface area contributed by atoms with Gasteiger partial charge in [-0.3, -0.25) is 20.2 Å². The van der Waals surface area contributed by atoms with Crippen LogP contribution in [0.5, 0.6) is 0 Å². The van der Waals surface area contributed by atoms with Crippen molar-refractivity contribution in [2.45, 2.75) is 46.3 Å². The van der Waals surface area contributed by atoms with E-state index in [4.69, 9.17) is 0 Å². The van der Waals surface area contributed by atoms with Gasteiger partial charge in [-0.25, -0.2) is 0 Å². The van der Waals surface area contributed by atoms with Gasteiger partial charge in [0.1, 0.15) is 11.4 Å². The van der Waals surface area contributed by atoms with Crippen LogP contribution in [0.15, 0.2) is 199 Å². The van der Waals surface area contributed by atoms with E-state index in [2.05, 4.69) is 219 Å². The third kappa shape index (κ3) is 12.0. The number of hydrogen-bond acceptors (Lipinski definition) is 8. The van der Waals surface area contributed by atoms with Crippen molar-refractivity contribution in [3.8, 4) is 33.9 Å². The van der Waals surface area contributed by atoms with Crippen LogP contribution in [0.25, 0.3) is 94.2 Å². The fourth-order valence-corrected chi connectivity index (χ4v) is 10.5. The predicted octanol–water partition coefficient (Wildman–Crippen LogP) is 16.3. The van der Waals surface area contributed by atoms with Crippen molar-refractivity contribution in [2.75, 3.05) is 20.6 Å². The summed E-state index contributed by atoms with van der Waals surface area (Å²) in [7, 11) is 4.14. The first-order valence-corrected chi connectivity index (χ1v) is 27.2. The lowest BCUT2D eigenvalue weighted by Crippen LogP contribution is -2.14. The van der Waals surface area contributed by atoms with E-state index >= 15 is 0 Å². The van der Waals surface area contributed by atoms with E-state index in [0.29, 0.717) is 5.25 Å². The first kappa shape index (κ1) is 52.6. The second-order valence-electron chi connectivity index (χ2n) is 19.2. The topological polar surface area (TPSA) is 130 Å². The Balaban J connectivity index is 0.000000187. The molecule has 10 nitrogen and oxygen atoms in total. The number of nitrogens with one attached hydrogen (secondary N) is 5. The van der Waals surface area contributed by atoms with Crippen LogP contribution >= 0.6 is 23.1 Å². The summed E-state index contributed by atoms with van der Waals surface area (Å²) < 4.78 is 0. The molecule has 0 saturated heterocycles. The molecule has 5 N–H and O–H groups in total. The largest absolute Gasteiger partial charge is 0.359 e. The van der Waals surface area contributed by atoms with E-state index in [1.54, 1.807) is 11.3 Å². The number of thiophene rings is 1. The molecule has 0 aliphatic carbocycles. The summed E-state index contributed by atoms with van der Waals surface area (Å²) in [5.41, 5.74) is 21.0. The van der Waals surface area contributed by atoms with Crippen molar-refractivity contribution in [1.82, 2.24) is 50.5 Å². The molecule has 76 heavy (non-hydrogen) atoms. The molecule has 0 radical (unpaired) electrons. The number of likely N-dealkylation sites (N-methyl/N-ethyl adjacent to an activating group) is 1. The van der Waals surface area contributed by atoms with Crippen LogP contribution in [0, 0.1) is 0 Å². The van der Waals surface area contributed by atoms with Crippen LogP contribution in [0.3, 0.4) is 0 Å². The Bertz CT molecular complexity index is 3870. The Morgan fingerprint density at radius 2 is 1.34 bits per heavy atom. The monoisotopic (exact) mass is 1040 g/mol. The molecule has 12 heteroatoms. The molecule has 0 unspecified atom stereocenters. The quantitative estimate of drug-likeness (QED) is 0.0541. The molecule has 0 atom stereocenters. The maximum atomic E-state index is 4.69. The van der Waals surface area contributed by atoms with Gasteiger partial charge in [-0.15, -0.1) is 11.8 Å². The van der Waals surface area contributed by atoms with Crippen LogP contribution in [-0.2, 0) is 6.42 Å². The van der Waals surface area contributed by atoms with E-state index in [1.807, 2.05) is 73.8 Å². The van der Waals surface area contributed by atoms with Crippen LogP contribution < -0.4 is 5.32 Å². The highest BCUT2D eigenvalue weighted by atomic mass is 32.2. The van der Waals surface area contributed by atoms with Crippen molar-refractivity contribution in [3.63, 3.8) is 0 Å². The number of hydrogen-bond donors (Lipinski definition) is 5. The number of rotatable bonds is 18. The zero-order valence-corrected chi connectivity index (χ0v) is 45.9. The van der Waals surface area contributed by atoms with Crippen LogP contribution in [0.2, 0.25) is 0 Å². The fourth-order valence-electron chi connectivity index (χ4n) is 9.22. The second kappa shape index (κ2) is 23.9. The van der Waals surface area contributed by atoms with Crippen molar-refractivity contribution in [1.29, 1.82) is 0 Å². The highest BCUT2D eigenvalue weighted by Gasteiger charge is 2.17. The highest BCUT2D eigenvalue weighted by molar-refractivity contribution is 8.02. The van der Waals surface area contributed by atoms with Gasteiger partial charge in [0.05, 0.1) is 45.8 Å². The lowest BCUT2D eigenvalue weighted by Gasteiger charge is -2.12. The van der Waals surface area contributed by atoms with E-state index in [1.165, 1.54) is 22.3 Å². The number of thioether (sulfide) groups is 1. The molecule has 0 saturated carbocycles. The summed E-state index contributed by atoms with van der Waals surface area (Å²) in [6.07, 6.45) is 20.7. The number of allylic oxidation sites excluding steroid dienone is 9. The average molecular weight is 1040 g/mol. The summed E-state index contributed by atoms with van der Waals surface area (Å²) in [5, 5.41) is 30.6. The van der Waals surface area contributed by atoms with Gasteiger partial charge < -0.3 is 20.2 Å². The van der Waals surface area contributed by atoms with Gasteiger partial charge in [0, 0.05) is 74.7 Å². The predicted molar refractivity (Wildman–Crippen MR) is 327 cm³/mol. The molecule has 10 rings (SSSR count). The third-order valence-corrected chi connectivity index (χ3v) is 14.7. The first-order chi connectivity index (χ1) is 36.9. The average Bonchev–Trinajstić information content (AvgIpc) is 4.35. The van der Waals surface area contributed by atoms with Gasteiger partial charge >= 0.3 is 0 Å². The molecule has 382 valence electrons. The molecule has 0 bridgehead atoms. The number of H-pyrrole nitrogens is 4. The van der Waals surface area contributed by atoms with Crippen molar-refractivity contribution in [2.24, 2.45) is 0 Å². The maximum absolute atomic E-state index is 4.69. The Kier molecular flexibility index (Phi) is 16.6. The Labute approximate surface area is 453 Å². The summed E-state index contributed by atoms with van der Waals surface area (Å²) in [6, 6.07) is 29.6. The van der Waals surface area contributed by atoms with E-state index in [0.717, 1.165) is 124 Å². The van der Waals surface area contributed by atoms with Gasteiger partial charge in [-0.2, -0.15) is 21.5 Å². The summed E-state index contributed by atoms with van der Waals surface area (Å²) in [5.74, 6) is 0.